The molecule has 2 aliphatic carbocycles. The lowest BCUT2D eigenvalue weighted by Crippen LogP contribution is -2.28. The molecule has 12 aromatic carbocycles. The maximum atomic E-state index is 6.54. The first kappa shape index (κ1) is 43.8. The van der Waals surface area contributed by atoms with Gasteiger partial charge in [0, 0.05) is 33.4 Å². The molecule has 1 aromatic heterocycles. The first-order valence-corrected chi connectivity index (χ1v) is 26.3. The van der Waals surface area contributed by atoms with Gasteiger partial charge in [-0.15, -0.1) is 0 Å². The zero-order chi connectivity index (χ0) is 50.2. The number of benzene rings is 12. The fourth-order valence-corrected chi connectivity index (χ4v) is 13.2. The van der Waals surface area contributed by atoms with E-state index in [-0.39, 0.29) is 0 Å². The highest BCUT2D eigenvalue weighted by atomic mass is 16.3. The van der Waals surface area contributed by atoms with Gasteiger partial charge in [-0.25, -0.2) is 0 Å². The number of fused-ring (bicyclic) bond motifs is 9. The molecule has 0 saturated heterocycles. The first-order chi connectivity index (χ1) is 37.7. The fourth-order valence-electron chi connectivity index (χ4n) is 13.2. The Kier molecular flexibility index (Phi) is 10.0. The van der Waals surface area contributed by atoms with Crippen LogP contribution in [0.25, 0.3) is 66.4 Å². The maximum Gasteiger partial charge on any atom is 0.143 e. The van der Waals surface area contributed by atoms with Crippen molar-refractivity contribution >= 4 is 39.0 Å². The Hall–Kier alpha value is -9.76. The van der Waals surface area contributed by atoms with Gasteiger partial charge in [0.15, 0.2) is 0 Å². The van der Waals surface area contributed by atoms with E-state index in [1.165, 1.54) is 72.3 Å². The van der Waals surface area contributed by atoms with Crippen molar-refractivity contribution in [2.24, 2.45) is 0 Å². The van der Waals surface area contributed by atoms with Gasteiger partial charge in [0.2, 0.25) is 0 Å². The summed E-state index contributed by atoms with van der Waals surface area (Å²) in [5.41, 5.74) is 23.8. The van der Waals surface area contributed by atoms with Crippen molar-refractivity contribution < 1.29 is 4.42 Å². The van der Waals surface area contributed by atoms with E-state index in [9.17, 15) is 0 Å². The largest absolute Gasteiger partial charge is 0.455 e. The van der Waals surface area contributed by atoms with Gasteiger partial charge in [-0.05, 0) is 132 Å². The van der Waals surface area contributed by atoms with Crippen LogP contribution in [0, 0.1) is 0 Å². The summed E-state index contributed by atoms with van der Waals surface area (Å²) in [4.78, 5) is 2.42. The van der Waals surface area contributed by atoms with Crippen LogP contribution < -0.4 is 4.90 Å². The summed E-state index contributed by atoms with van der Waals surface area (Å²) in [7, 11) is 0. The van der Waals surface area contributed by atoms with E-state index in [1.807, 2.05) is 6.07 Å². The number of rotatable bonds is 9. The highest BCUT2D eigenvalue weighted by Gasteiger charge is 2.47. The average Bonchev–Trinajstić information content (AvgIpc) is 4.16. The Labute approximate surface area is 443 Å². The second kappa shape index (κ2) is 17.4. The minimum atomic E-state index is -0.491. The molecule has 2 nitrogen and oxygen atoms in total. The van der Waals surface area contributed by atoms with Gasteiger partial charge in [0.1, 0.15) is 11.2 Å². The minimum Gasteiger partial charge on any atom is -0.455 e. The molecular formula is C74H49NO. The molecule has 76 heavy (non-hydrogen) atoms. The number of hydrogen-bond acceptors (Lipinski definition) is 2. The van der Waals surface area contributed by atoms with Gasteiger partial charge in [0.25, 0.3) is 0 Å². The fraction of sp³-hybridized carbons (Fsp3) is 0.0270. The van der Waals surface area contributed by atoms with Gasteiger partial charge in [-0.2, -0.15) is 0 Å². The van der Waals surface area contributed by atoms with Crippen molar-refractivity contribution in [3.8, 4) is 44.5 Å². The van der Waals surface area contributed by atoms with Crippen molar-refractivity contribution in [3.05, 3.63) is 342 Å². The van der Waals surface area contributed by atoms with Gasteiger partial charge in [-0.1, -0.05) is 249 Å². The Morgan fingerprint density at radius 3 is 1.26 bits per heavy atom. The van der Waals surface area contributed by atoms with Crippen molar-refractivity contribution in [2.45, 2.75) is 10.8 Å². The second-order valence-electron chi connectivity index (χ2n) is 20.3. The van der Waals surface area contributed by atoms with Crippen LogP contribution in [0.1, 0.15) is 44.5 Å². The van der Waals surface area contributed by atoms with Crippen LogP contribution in [0.4, 0.5) is 17.1 Å². The molecule has 2 heteroatoms. The van der Waals surface area contributed by atoms with Crippen molar-refractivity contribution in [1.82, 2.24) is 0 Å². The lowest BCUT2D eigenvalue weighted by Gasteiger charge is -2.34. The summed E-state index contributed by atoms with van der Waals surface area (Å²) in [6, 6.07) is 109. The molecule has 2 aliphatic rings. The minimum absolute atomic E-state index is 0.478. The standard InChI is InChI=1S/C74H49NO/c1-5-20-53(21-6-1)73(54-22-7-2-8-23-54)68-34-17-14-29-62(68)66-49-59(45-47-69(66)73)75(58-43-38-51(39-44-58)60-31-19-32-65-64-30-15-18-35-71(64)76-72(60)65)57-41-36-50(37-42-57)52-40-46-63-61-28-13-16-33-67(61)74(70(63)48-52,55-24-9-3-10-25-55)56-26-11-4-12-27-56/h1-49H. The second-order valence-corrected chi connectivity index (χ2v) is 20.3. The molecule has 0 unspecified atom stereocenters. The summed E-state index contributed by atoms with van der Waals surface area (Å²) >= 11 is 0. The van der Waals surface area contributed by atoms with Crippen molar-refractivity contribution in [2.75, 3.05) is 4.90 Å². The smallest absolute Gasteiger partial charge is 0.143 e. The summed E-state index contributed by atoms with van der Waals surface area (Å²) in [6.07, 6.45) is 0. The molecule has 0 spiro atoms. The van der Waals surface area contributed by atoms with E-state index in [2.05, 4.69) is 296 Å². The van der Waals surface area contributed by atoms with E-state index in [0.29, 0.717) is 0 Å². The van der Waals surface area contributed by atoms with Crippen LogP contribution in [-0.4, -0.2) is 0 Å². The molecule has 13 aromatic rings. The summed E-state index contributed by atoms with van der Waals surface area (Å²) in [5.74, 6) is 0. The summed E-state index contributed by atoms with van der Waals surface area (Å²) in [5, 5.41) is 2.25. The SMILES string of the molecule is c1ccc(C2(c3ccccc3)c3ccccc3-c3cc(N(c4ccc(-c5ccc6c(c5)C(c5ccccc5)(c5ccccc5)c5ccccc5-6)cc4)c4ccc(-c5cccc6c5oc5ccccc56)cc4)ccc32)cc1. The molecule has 0 amide bonds. The van der Waals surface area contributed by atoms with Crippen LogP contribution in [0.15, 0.2) is 302 Å². The van der Waals surface area contributed by atoms with E-state index in [4.69, 9.17) is 4.42 Å². The highest BCUT2D eigenvalue weighted by Crippen LogP contribution is 2.59. The third-order valence-corrected chi connectivity index (χ3v) is 16.5. The predicted molar refractivity (Wildman–Crippen MR) is 314 cm³/mol. The molecular weight excluding hydrogens is 919 g/mol. The first-order valence-electron chi connectivity index (χ1n) is 26.3. The van der Waals surface area contributed by atoms with E-state index < -0.39 is 10.8 Å². The summed E-state index contributed by atoms with van der Waals surface area (Å²) < 4.78 is 6.54. The number of para-hydroxylation sites is 2. The Balaban J connectivity index is 0.887. The topological polar surface area (TPSA) is 16.4 Å². The third-order valence-electron chi connectivity index (χ3n) is 16.5. The molecule has 0 N–H and O–H groups in total. The Morgan fingerprint density at radius 1 is 0.250 bits per heavy atom. The van der Waals surface area contributed by atoms with E-state index in [1.54, 1.807) is 0 Å². The van der Waals surface area contributed by atoms with Crippen molar-refractivity contribution in [3.63, 3.8) is 0 Å². The molecule has 0 saturated carbocycles. The highest BCUT2D eigenvalue weighted by molar-refractivity contribution is 6.09. The summed E-state index contributed by atoms with van der Waals surface area (Å²) in [6.45, 7) is 0. The monoisotopic (exact) mass is 967 g/mol. The van der Waals surface area contributed by atoms with Gasteiger partial charge < -0.3 is 9.32 Å². The molecule has 0 bridgehead atoms. The average molecular weight is 968 g/mol. The van der Waals surface area contributed by atoms with Crippen LogP contribution in [0.3, 0.4) is 0 Å². The number of nitrogens with zero attached hydrogens (tertiary/aromatic N) is 1. The quantitative estimate of drug-likeness (QED) is 0.143. The number of hydrogen-bond donors (Lipinski definition) is 0. The normalized spacial score (nSPS) is 13.5. The predicted octanol–water partition coefficient (Wildman–Crippen LogP) is 19.1. The zero-order valence-electron chi connectivity index (χ0n) is 41.6. The lowest BCUT2D eigenvalue weighted by atomic mass is 9.67. The van der Waals surface area contributed by atoms with Crippen LogP contribution >= 0.6 is 0 Å². The number of anilines is 3. The lowest BCUT2D eigenvalue weighted by molar-refractivity contribution is 0.670. The molecule has 0 radical (unpaired) electrons. The number of furan rings is 1. The van der Waals surface area contributed by atoms with E-state index in [0.717, 1.165) is 55.7 Å². The van der Waals surface area contributed by atoms with Crippen molar-refractivity contribution in [1.29, 1.82) is 0 Å². The maximum absolute atomic E-state index is 6.54. The molecule has 0 atom stereocenters. The molecule has 0 aliphatic heterocycles. The Bertz CT molecular complexity index is 4230. The van der Waals surface area contributed by atoms with Crippen LogP contribution in [0.2, 0.25) is 0 Å². The Morgan fingerprint density at radius 2 is 0.671 bits per heavy atom. The van der Waals surface area contributed by atoms with Gasteiger partial charge in [-0.3, -0.25) is 0 Å². The molecule has 356 valence electrons. The molecule has 0 fully saturated rings. The zero-order valence-corrected chi connectivity index (χ0v) is 41.6. The van der Waals surface area contributed by atoms with Gasteiger partial charge in [0.05, 0.1) is 10.8 Å². The molecule has 1 heterocycles. The van der Waals surface area contributed by atoms with Crippen LogP contribution in [0.5, 0.6) is 0 Å². The third kappa shape index (κ3) is 6.47. The van der Waals surface area contributed by atoms with Crippen LogP contribution in [-0.2, 0) is 10.8 Å². The molecule has 15 rings (SSSR count). The van der Waals surface area contributed by atoms with Gasteiger partial charge >= 0.3 is 0 Å². The van der Waals surface area contributed by atoms with E-state index >= 15 is 0 Å².